The summed E-state index contributed by atoms with van der Waals surface area (Å²) in [4.78, 5) is 0. The third-order valence-electron chi connectivity index (χ3n) is 2.80. The van der Waals surface area contributed by atoms with E-state index in [0.717, 1.165) is 24.2 Å². The molecule has 100 valence electrons. The van der Waals surface area contributed by atoms with Crippen LogP contribution < -0.4 is 5.73 Å². The minimum Gasteiger partial charge on any atom is -0.409 e. The maximum absolute atomic E-state index is 8.70. The van der Waals surface area contributed by atoms with Crippen LogP contribution in [0.1, 0.15) is 43.7 Å². The van der Waals surface area contributed by atoms with Gasteiger partial charge in [-0.3, -0.25) is 0 Å². The summed E-state index contributed by atoms with van der Waals surface area (Å²) in [5, 5.41) is 11.7. The lowest BCUT2D eigenvalue weighted by molar-refractivity contribution is 0.116. The molecule has 0 saturated carbocycles. The van der Waals surface area contributed by atoms with Gasteiger partial charge in [0.25, 0.3) is 0 Å². The normalized spacial score (nSPS) is 11.7. The van der Waals surface area contributed by atoms with Crippen molar-refractivity contribution in [1.82, 2.24) is 0 Å². The molecule has 0 amide bonds. The van der Waals surface area contributed by atoms with Crippen molar-refractivity contribution < 1.29 is 9.94 Å². The monoisotopic (exact) mass is 250 g/mol. The first-order valence-corrected chi connectivity index (χ1v) is 6.43. The van der Waals surface area contributed by atoms with E-state index in [1.165, 1.54) is 19.3 Å². The Morgan fingerprint density at radius 1 is 1.28 bits per heavy atom. The van der Waals surface area contributed by atoms with Gasteiger partial charge in [-0.25, -0.2) is 0 Å². The van der Waals surface area contributed by atoms with Crippen molar-refractivity contribution in [3.63, 3.8) is 0 Å². The van der Waals surface area contributed by atoms with Gasteiger partial charge in [-0.05, 0) is 12.0 Å². The van der Waals surface area contributed by atoms with E-state index in [0.29, 0.717) is 6.61 Å². The predicted octanol–water partition coefficient (Wildman–Crippen LogP) is 2.88. The first-order chi connectivity index (χ1) is 8.79. The Labute approximate surface area is 108 Å². The van der Waals surface area contributed by atoms with E-state index in [1.54, 1.807) is 0 Å². The zero-order valence-corrected chi connectivity index (χ0v) is 10.9. The molecule has 0 unspecified atom stereocenters. The molecule has 4 nitrogen and oxygen atoms in total. The molecule has 0 bridgehead atoms. The molecule has 0 saturated heterocycles. The van der Waals surface area contributed by atoms with Crippen LogP contribution in [0, 0.1) is 0 Å². The van der Waals surface area contributed by atoms with Crippen molar-refractivity contribution >= 4 is 5.84 Å². The van der Waals surface area contributed by atoms with Crippen molar-refractivity contribution in [2.45, 2.75) is 39.2 Å². The Kier molecular flexibility index (Phi) is 6.87. The summed E-state index contributed by atoms with van der Waals surface area (Å²) in [6.45, 7) is 3.44. The Balaban J connectivity index is 2.42. The van der Waals surface area contributed by atoms with Crippen LogP contribution in [0.4, 0.5) is 0 Å². The summed E-state index contributed by atoms with van der Waals surface area (Å²) in [6.07, 6.45) is 4.77. The highest BCUT2D eigenvalue weighted by Crippen LogP contribution is 2.10. The van der Waals surface area contributed by atoms with Crippen LogP contribution >= 0.6 is 0 Å². The second-order valence-electron chi connectivity index (χ2n) is 4.26. The van der Waals surface area contributed by atoms with E-state index in [2.05, 4.69) is 12.1 Å². The van der Waals surface area contributed by atoms with Gasteiger partial charge in [0.2, 0.25) is 0 Å². The van der Waals surface area contributed by atoms with E-state index in [-0.39, 0.29) is 5.84 Å². The van der Waals surface area contributed by atoms with Gasteiger partial charge in [-0.2, -0.15) is 0 Å². The summed E-state index contributed by atoms with van der Waals surface area (Å²) in [5.74, 6) is 0.125. The lowest BCUT2D eigenvalue weighted by Gasteiger charge is -2.08. The average Bonchev–Trinajstić information content (AvgIpc) is 2.42. The van der Waals surface area contributed by atoms with Crippen molar-refractivity contribution in [3.8, 4) is 0 Å². The van der Waals surface area contributed by atoms with Crippen molar-refractivity contribution in [2.24, 2.45) is 10.9 Å². The number of hydrogen-bond donors (Lipinski definition) is 2. The highest BCUT2D eigenvalue weighted by Gasteiger charge is 2.05. The number of oxime groups is 1. The zero-order valence-electron chi connectivity index (χ0n) is 10.9. The molecule has 3 N–H and O–H groups in total. The molecule has 18 heavy (non-hydrogen) atoms. The third kappa shape index (κ3) is 4.75. The fourth-order valence-corrected chi connectivity index (χ4v) is 1.76. The van der Waals surface area contributed by atoms with E-state index in [1.807, 2.05) is 24.3 Å². The lowest BCUT2D eigenvalue weighted by Crippen LogP contribution is -2.16. The van der Waals surface area contributed by atoms with Crippen LogP contribution in [0.5, 0.6) is 0 Å². The lowest BCUT2D eigenvalue weighted by atomic mass is 10.1. The maximum Gasteiger partial charge on any atom is 0.170 e. The number of amidine groups is 1. The van der Waals surface area contributed by atoms with Crippen LogP contribution in [0.25, 0.3) is 0 Å². The average molecular weight is 250 g/mol. The molecule has 4 heteroatoms. The molecule has 0 aliphatic carbocycles. The molecule has 0 heterocycles. The van der Waals surface area contributed by atoms with Gasteiger partial charge in [-0.1, -0.05) is 55.6 Å². The Morgan fingerprint density at radius 3 is 2.78 bits per heavy atom. The highest BCUT2D eigenvalue weighted by molar-refractivity contribution is 5.98. The van der Waals surface area contributed by atoms with Crippen molar-refractivity contribution in [2.75, 3.05) is 6.61 Å². The molecular formula is C14H22N2O2. The summed E-state index contributed by atoms with van der Waals surface area (Å²) < 4.78 is 5.61. The summed E-state index contributed by atoms with van der Waals surface area (Å²) >= 11 is 0. The Bertz CT molecular complexity index is 378. The quantitative estimate of drug-likeness (QED) is 0.245. The second kappa shape index (κ2) is 8.53. The van der Waals surface area contributed by atoms with Crippen molar-refractivity contribution in [3.05, 3.63) is 35.4 Å². The first kappa shape index (κ1) is 14.5. The molecule has 0 atom stereocenters. The number of unbranched alkanes of at least 4 members (excludes halogenated alkanes) is 3. The number of hydrogen-bond acceptors (Lipinski definition) is 3. The topological polar surface area (TPSA) is 67.8 Å². The molecular weight excluding hydrogens is 228 g/mol. The smallest absolute Gasteiger partial charge is 0.170 e. The number of rotatable bonds is 8. The van der Waals surface area contributed by atoms with Crippen LogP contribution in [0.2, 0.25) is 0 Å². The first-order valence-electron chi connectivity index (χ1n) is 6.43. The van der Waals surface area contributed by atoms with Gasteiger partial charge in [0.15, 0.2) is 5.84 Å². The fourth-order valence-electron chi connectivity index (χ4n) is 1.76. The molecule has 1 aromatic rings. The van der Waals surface area contributed by atoms with Gasteiger partial charge >= 0.3 is 0 Å². The fraction of sp³-hybridized carbons (Fsp3) is 0.500. The molecule has 0 aliphatic heterocycles. The maximum atomic E-state index is 8.70. The number of benzene rings is 1. The van der Waals surface area contributed by atoms with Crippen molar-refractivity contribution in [1.29, 1.82) is 0 Å². The minimum absolute atomic E-state index is 0.125. The van der Waals surface area contributed by atoms with Gasteiger partial charge in [0, 0.05) is 12.2 Å². The van der Waals surface area contributed by atoms with Gasteiger partial charge in [0.05, 0.1) is 6.61 Å². The summed E-state index contributed by atoms with van der Waals surface area (Å²) in [6, 6.07) is 7.53. The van der Waals surface area contributed by atoms with Crippen LogP contribution in [-0.2, 0) is 11.3 Å². The standard InChI is InChI=1S/C14H22N2O2/c1-2-3-4-7-10-18-11-12-8-5-6-9-13(12)14(15)16-17/h5-6,8-9,17H,2-4,7,10-11H2,1H3,(H2,15,16). The Hall–Kier alpha value is -1.55. The number of ether oxygens (including phenoxy) is 1. The molecule has 0 aromatic heterocycles. The van der Waals surface area contributed by atoms with Gasteiger partial charge < -0.3 is 15.7 Å². The van der Waals surface area contributed by atoms with Crippen LogP contribution in [0.15, 0.2) is 29.4 Å². The Morgan fingerprint density at radius 2 is 2.06 bits per heavy atom. The van der Waals surface area contributed by atoms with Gasteiger partial charge in [0.1, 0.15) is 0 Å². The second-order valence-corrected chi connectivity index (χ2v) is 4.26. The molecule has 1 rings (SSSR count). The number of nitrogens with two attached hydrogens (primary N) is 1. The van der Waals surface area contributed by atoms with E-state index in [4.69, 9.17) is 15.7 Å². The van der Waals surface area contributed by atoms with E-state index in [9.17, 15) is 0 Å². The molecule has 1 aromatic carbocycles. The van der Waals surface area contributed by atoms with E-state index < -0.39 is 0 Å². The largest absolute Gasteiger partial charge is 0.409 e. The molecule has 0 radical (unpaired) electrons. The molecule has 0 spiro atoms. The van der Waals surface area contributed by atoms with E-state index >= 15 is 0 Å². The third-order valence-corrected chi connectivity index (χ3v) is 2.80. The van der Waals surface area contributed by atoms with Crippen LogP contribution in [0.3, 0.4) is 0 Å². The highest BCUT2D eigenvalue weighted by atomic mass is 16.5. The SMILES string of the molecule is CCCCCCOCc1ccccc1/C(N)=N/O. The zero-order chi connectivity index (χ0) is 13.2. The molecule has 0 aliphatic rings. The van der Waals surface area contributed by atoms with Gasteiger partial charge in [-0.15, -0.1) is 0 Å². The van der Waals surface area contributed by atoms with Crippen LogP contribution in [-0.4, -0.2) is 17.6 Å². The summed E-state index contributed by atoms with van der Waals surface area (Å²) in [7, 11) is 0. The molecule has 0 fully saturated rings. The number of nitrogens with zero attached hydrogens (tertiary/aromatic N) is 1. The predicted molar refractivity (Wildman–Crippen MR) is 72.8 cm³/mol. The minimum atomic E-state index is 0.125. The summed E-state index contributed by atoms with van der Waals surface area (Å²) in [5.41, 5.74) is 7.29.